The highest BCUT2D eigenvalue weighted by atomic mass is 32.1. The van der Waals surface area contributed by atoms with Crippen molar-refractivity contribution in [3.8, 4) is 66.8 Å². The zero-order chi connectivity index (χ0) is 41.0. The Bertz CT molecular complexity index is 3440. The van der Waals surface area contributed by atoms with Crippen LogP contribution in [-0.4, -0.2) is 0 Å². The Balaban J connectivity index is 0.894. The van der Waals surface area contributed by atoms with E-state index in [1.165, 1.54) is 131 Å². The van der Waals surface area contributed by atoms with Crippen LogP contribution in [0.4, 0.5) is 0 Å². The molecule has 0 unspecified atom stereocenters. The minimum absolute atomic E-state index is 0.359. The Hall–Kier alpha value is -7.58. The maximum Gasteiger partial charge on any atom is 0.0725 e. The normalized spacial score (nSPS) is 14.6. The third kappa shape index (κ3) is 4.12. The number of hydrogen-bond acceptors (Lipinski definition) is 1. The summed E-state index contributed by atoms with van der Waals surface area (Å²) >= 11 is 1.89. The molecule has 4 aliphatic carbocycles. The van der Waals surface area contributed by atoms with Crippen LogP contribution < -0.4 is 0 Å². The van der Waals surface area contributed by atoms with Gasteiger partial charge in [0.05, 0.1) is 10.8 Å². The molecule has 0 N–H and O–H groups in total. The van der Waals surface area contributed by atoms with Gasteiger partial charge in [-0.3, -0.25) is 0 Å². The fraction of sp³-hybridized carbons (Fsp3) is 0.0323. The van der Waals surface area contributed by atoms with Gasteiger partial charge in [-0.25, -0.2) is 0 Å². The van der Waals surface area contributed by atoms with Gasteiger partial charge in [0, 0.05) is 20.2 Å². The zero-order valence-electron chi connectivity index (χ0n) is 34.2. The van der Waals surface area contributed by atoms with Gasteiger partial charge in [0.1, 0.15) is 0 Å². The third-order valence-corrected chi connectivity index (χ3v) is 16.3. The van der Waals surface area contributed by atoms with E-state index < -0.39 is 0 Å². The quantitative estimate of drug-likeness (QED) is 0.163. The first-order chi connectivity index (χ1) is 31.2. The molecule has 15 rings (SSSR count). The number of fused-ring (bicyclic) bond motifs is 23. The minimum Gasteiger partial charge on any atom is -0.135 e. The van der Waals surface area contributed by atoms with E-state index in [-0.39, 0.29) is 10.8 Å². The number of rotatable bonds is 2. The topological polar surface area (TPSA) is 0 Å². The van der Waals surface area contributed by atoms with Crippen molar-refractivity contribution in [3.05, 3.63) is 263 Å². The summed E-state index contributed by atoms with van der Waals surface area (Å²) in [7, 11) is 0. The lowest BCUT2D eigenvalue weighted by molar-refractivity contribution is 0.794. The Morgan fingerprint density at radius 3 is 0.794 bits per heavy atom. The molecule has 0 fully saturated rings. The Morgan fingerprint density at radius 1 is 0.222 bits per heavy atom. The van der Waals surface area contributed by atoms with Crippen molar-refractivity contribution in [2.24, 2.45) is 0 Å². The molecule has 0 bridgehead atoms. The van der Waals surface area contributed by atoms with Crippen LogP contribution in [0.2, 0.25) is 0 Å². The summed E-state index contributed by atoms with van der Waals surface area (Å²) in [6, 6.07) is 83.2. The van der Waals surface area contributed by atoms with Crippen molar-refractivity contribution >= 4 is 31.5 Å². The number of benzene rings is 10. The van der Waals surface area contributed by atoms with E-state index in [4.69, 9.17) is 0 Å². The maximum absolute atomic E-state index is 2.51. The Labute approximate surface area is 370 Å². The van der Waals surface area contributed by atoms with Gasteiger partial charge in [0.2, 0.25) is 0 Å². The Morgan fingerprint density at radius 2 is 0.476 bits per heavy atom. The summed E-state index contributed by atoms with van der Waals surface area (Å²) < 4.78 is 2.63. The number of thiophene rings is 1. The maximum atomic E-state index is 2.51. The van der Waals surface area contributed by atoms with Crippen LogP contribution in [0.1, 0.15) is 44.5 Å². The average Bonchev–Trinajstić information content (AvgIpc) is 4.12. The summed E-state index contributed by atoms with van der Waals surface area (Å²) in [6.07, 6.45) is 0. The molecule has 1 heteroatoms. The highest BCUT2D eigenvalue weighted by Gasteiger charge is 2.53. The molecule has 11 aromatic rings. The van der Waals surface area contributed by atoms with E-state index in [0.717, 1.165) is 0 Å². The summed E-state index contributed by atoms with van der Waals surface area (Å²) in [5.74, 6) is 0. The van der Waals surface area contributed by atoms with E-state index in [0.29, 0.717) is 0 Å². The van der Waals surface area contributed by atoms with E-state index in [1.807, 2.05) is 11.3 Å². The van der Waals surface area contributed by atoms with Crippen molar-refractivity contribution in [2.75, 3.05) is 0 Å². The Kier molecular flexibility index (Phi) is 6.53. The minimum atomic E-state index is -0.359. The fourth-order valence-electron chi connectivity index (χ4n) is 12.7. The summed E-state index contributed by atoms with van der Waals surface area (Å²) in [6.45, 7) is 0. The van der Waals surface area contributed by atoms with Crippen LogP contribution in [0.5, 0.6) is 0 Å². The lowest BCUT2D eigenvalue weighted by Gasteiger charge is -2.30. The molecule has 1 heterocycles. The van der Waals surface area contributed by atoms with E-state index in [9.17, 15) is 0 Å². The molecule has 10 aromatic carbocycles. The van der Waals surface area contributed by atoms with E-state index in [2.05, 4.69) is 218 Å². The summed E-state index contributed by atoms with van der Waals surface area (Å²) in [5, 5.41) is 2.63. The van der Waals surface area contributed by atoms with Gasteiger partial charge in [-0.15, -0.1) is 11.3 Å². The molecule has 0 aliphatic heterocycles. The van der Waals surface area contributed by atoms with Crippen molar-refractivity contribution in [1.82, 2.24) is 0 Å². The molecule has 0 nitrogen and oxygen atoms in total. The van der Waals surface area contributed by atoms with Crippen LogP contribution in [0.25, 0.3) is 86.9 Å². The van der Waals surface area contributed by atoms with Crippen molar-refractivity contribution < 1.29 is 0 Å². The second kappa shape index (κ2) is 12.1. The second-order valence-electron chi connectivity index (χ2n) is 17.8. The first-order valence-electron chi connectivity index (χ1n) is 22.1. The third-order valence-electron chi connectivity index (χ3n) is 15.1. The van der Waals surface area contributed by atoms with Gasteiger partial charge in [0.15, 0.2) is 0 Å². The van der Waals surface area contributed by atoms with Crippen molar-refractivity contribution in [1.29, 1.82) is 0 Å². The van der Waals surface area contributed by atoms with Gasteiger partial charge in [0.25, 0.3) is 0 Å². The molecule has 0 radical (unpaired) electrons. The van der Waals surface area contributed by atoms with Crippen LogP contribution in [0, 0.1) is 0 Å². The molecule has 0 saturated carbocycles. The molecule has 0 saturated heterocycles. The largest absolute Gasteiger partial charge is 0.135 e. The fourth-order valence-corrected chi connectivity index (χ4v) is 13.8. The lowest BCUT2D eigenvalue weighted by atomic mass is 9.70. The van der Waals surface area contributed by atoms with Crippen LogP contribution in [-0.2, 0) is 10.8 Å². The standard InChI is InChI=1S/C62H36S/c1-7-19-51-41(13-1)42-14-2-8-20-52(42)61(51)55-23-11-5-17-45(55)47-29-25-39(35-57(47)61)37-27-31-59-49(33-37)50-34-38(28-32-60(50)63-59)40-26-30-48-46-18-6-12-24-56(46)62(58(48)36-40)53-21-9-3-15-43(53)44-16-4-10-22-54(44)62/h1-36H. The SMILES string of the molecule is c1ccc2c(c1)-c1ccccc1C21c2ccccc2-c2ccc(-c3ccc4sc5ccc(-c6ccc7c(c6)C6(c8ccccc8-c8ccccc86)c6ccccc6-7)cc5c4c3)cc21. The summed E-state index contributed by atoms with van der Waals surface area (Å²) in [4.78, 5) is 0. The molecular weight excluding hydrogens is 777 g/mol. The molecule has 290 valence electrons. The van der Waals surface area contributed by atoms with Gasteiger partial charge < -0.3 is 0 Å². The molecule has 63 heavy (non-hydrogen) atoms. The molecular formula is C62H36S. The predicted octanol–water partition coefficient (Wildman–Crippen LogP) is 16.1. The monoisotopic (exact) mass is 812 g/mol. The lowest BCUT2D eigenvalue weighted by Crippen LogP contribution is -2.25. The zero-order valence-corrected chi connectivity index (χ0v) is 35.0. The molecule has 1 aromatic heterocycles. The molecule has 2 spiro atoms. The predicted molar refractivity (Wildman–Crippen MR) is 263 cm³/mol. The second-order valence-corrected chi connectivity index (χ2v) is 18.9. The van der Waals surface area contributed by atoms with E-state index in [1.54, 1.807) is 0 Å². The van der Waals surface area contributed by atoms with Gasteiger partial charge in [-0.2, -0.15) is 0 Å². The molecule has 0 amide bonds. The first-order valence-corrected chi connectivity index (χ1v) is 22.9. The van der Waals surface area contributed by atoms with Gasteiger partial charge >= 0.3 is 0 Å². The van der Waals surface area contributed by atoms with Gasteiger partial charge in [-0.1, -0.05) is 182 Å². The molecule has 4 aliphatic rings. The summed E-state index contributed by atoms with van der Waals surface area (Å²) in [5.41, 5.74) is 26.0. The van der Waals surface area contributed by atoms with Gasteiger partial charge in [-0.05, 0) is 148 Å². The van der Waals surface area contributed by atoms with Crippen LogP contribution in [0.3, 0.4) is 0 Å². The van der Waals surface area contributed by atoms with Crippen LogP contribution >= 0.6 is 11.3 Å². The number of hydrogen-bond donors (Lipinski definition) is 0. The van der Waals surface area contributed by atoms with Crippen molar-refractivity contribution in [2.45, 2.75) is 10.8 Å². The average molecular weight is 813 g/mol. The first kappa shape index (κ1) is 34.1. The van der Waals surface area contributed by atoms with Crippen LogP contribution in [0.15, 0.2) is 218 Å². The highest BCUT2D eigenvalue weighted by Crippen LogP contribution is 2.65. The van der Waals surface area contributed by atoms with Crippen molar-refractivity contribution in [3.63, 3.8) is 0 Å². The molecule has 0 atom stereocenters. The smallest absolute Gasteiger partial charge is 0.0725 e. The van der Waals surface area contributed by atoms with E-state index >= 15 is 0 Å². The highest BCUT2D eigenvalue weighted by molar-refractivity contribution is 7.25.